The van der Waals surface area contributed by atoms with Crippen LogP contribution in [-0.4, -0.2) is 42.3 Å². The molecular weight excluding hydrogens is 420 g/mol. The van der Waals surface area contributed by atoms with E-state index in [0.717, 1.165) is 41.5 Å². The summed E-state index contributed by atoms with van der Waals surface area (Å²) in [7, 11) is 0. The van der Waals surface area contributed by atoms with Crippen LogP contribution in [0.2, 0.25) is 0 Å². The number of carbonyl (C=O) groups excluding carboxylic acids is 2. The Bertz CT molecular complexity index is 991. The smallest absolute Gasteiger partial charge is 0.407 e. The summed E-state index contributed by atoms with van der Waals surface area (Å²) in [6, 6.07) is 15.5. The topological polar surface area (TPSA) is 105 Å². The molecule has 1 fully saturated rings. The highest BCUT2D eigenvalue weighted by molar-refractivity contribution is 5.85. The Balaban J connectivity index is 1.24. The molecule has 0 heterocycles. The maximum atomic E-state index is 12.4. The van der Waals surface area contributed by atoms with Crippen LogP contribution in [0.4, 0.5) is 4.79 Å². The van der Waals surface area contributed by atoms with Crippen LogP contribution in [0.5, 0.6) is 0 Å². The third-order valence-corrected chi connectivity index (χ3v) is 6.75. The van der Waals surface area contributed by atoms with Gasteiger partial charge < -0.3 is 20.5 Å². The van der Waals surface area contributed by atoms with Gasteiger partial charge in [0, 0.05) is 18.9 Å². The predicted molar refractivity (Wildman–Crippen MR) is 124 cm³/mol. The summed E-state index contributed by atoms with van der Waals surface area (Å²) in [6.45, 7) is 2.31. The first kappa shape index (κ1) is 22.8. The van der Waals surface area contributed by atoms with E-state index in [-0.39, 0.29) is 36.7 Å². The van der Waals surface area contributed by atoms with E-state index in [2.05, 4.69) is 34.9 Å². The molecule has 0 aliphatic heterocycles. The highest BCUT2D eigenvalue weighted by Gasteiger charge is 2.30. The lowest BCUT2D eigenvalue weighted by Gasteiger charge is -2.18. The molecular formula is C26H30N2O5. The molecule has 7 nitrogen and oxygen atoms in total. The molecule has 1 saturated carbocycles. The molecule has 0 spiro atoms. The zero-order chi connectivity index (χ0) is 23.4. The summed E-state index contributed by atoms with van der Waals surface area (Å²) < 4.78 is 5.50. The number of alkyl carbamates (subject to hydrolysis) is 1. The minimum absolute atomic E-state index is 0.0339. The Labute approximate surface area is 193 Å². The number of amides is 2. The van der Waals surface area contributed by atoms with Crippen LogP contribution in [0.3, 0.4) is 0 Å². The van der Waals surface area contributed by atoms with E-state index in [0.29, 0.717) is 6.54 Å². The lowest BCUT2D eigenvalue weighted by molar-refractivity contribution is -0.138. The average Bonchev–Trinajstić information content (AvgIpc) is 3.37. The van der Waals surface area contributed by atoms with E-state index >= 15 is 0 Å². The second-order valence-electron chi connectivity index (χ2n) is 9.08. The zero-order valence-electron chi connectivity index (χ0n) is 18.8. The molecule has 2 aliphatic rings. The van der Waals surface area contributed by atoms with E-state index in [4.69, 9.17) is 9.84 Å². The molecule has 0 radical (unpaired) electrons. The van der Waals surface area contributed by atoms with Crippen LogP contribution in [0.25, 0.3) is 11.1 Å². The first-order valence-electron chi connectivity index (χ1n) is 11.5. The van der Waals surface area contributed by atoms with Crippen LogP contribution in [0.15, 0.2) is 48.5 Å². The van der Waals surface area contributed by atoms with Crippen LogP contribution in [0, 0.1) is 11.8 Å². The molecule has 33 heavy (non-hydrogen) atoms. The standard InChI is InChI=1S/C26H30N2O5/c1-16(25(31)27-14-18-11-10-17(12-18)13-24(29)30)28-26(32)33-15-23-21-8-4-2-6-19(21)20-7-3-5-9-22(20)23/h2-9,16-18,23H,10-15H2,1H3,(H,27,31)(H,28,32)(H,29,30)/t16-,17?,18?/m0/s1. The van der Waals surface area contributed by atoms with Crippen molar-refractivity contribution in [2.75, 3.05) is 13.2 Å². The molecule has 3 atom stereocenters. The lowest BCUT2D eigenvalue weighted by atomic mass is 9.98. The minimum atomic E-state index is -0.773. The van der Waals surface area contributed by atoms with Crippen molar-refractivity contribution in [2.45, 2.75) is 44.6 Å². The van der Waals surface area contributed by atoms with E-state index in [1.807, 2.05) is 24.3 Å². The van der Waals surface area contributed by atoms with Crippen molar-refractivity contribution in [1.29, 1.82) is 0 Å². The molecule has 0 bridgehead atoms. The first-order valence-corrected chi connectivity index (χ1v) is 11.5. The van der Waals surface area contributed by atoms with E-state index in [1.54, 1.807) is 6.92 Å². The Hall–Kier alpha value is -3.35. The van der Waals surface area contributed by atoms with Gasteiger partial charge in [-0.05, 0) is 60.3 Å². The fraction of sp³-hybridized carbons (Fsp3) is 0.423. The summed E-state index contributed by atoms with van der Waals surface area (Å²) in [6.07, 6.45) is 2.15. The van der Waals surface area contributed by atoms with Crippen molar-refractivity contribution in [3.63, 3.8) is 0 Å². The van der Waals surface area contributed by atoms with Crippen LogP contribution in [-0.2, 0) is 14.3 Å². The van der Waals surface area contributed by atoms with Crippen molar-refractivity contribution in [2.24, 2.45) is 11.8 Å². The van der Waals surface area contributed by atoms with E-state index in [1.165, 1.54) is 0 Å². The number of carbonyl (C=O) groups is 3. The van der Waals surface area contributed by atoms with Crippen LogP contribution in [0.1, 0.15) is 49.7 Å². The van der Waals surface area contributed by atoms with Crippen molar-refractivity contribution in [1.82, 2.24) is 10.6 Å². The Morgan fingerprint density at radius 3 is 2.24 bits per heavy atom. The number of hydrogen-bond donors (Lipinski definition) is 3. The third kappa shape index (κ3) is 5.35. The second kappa shape index (κ2) is 10.1. The summed E-state index contributed by atoms with van der Waals surface area (Å²) in [5, 5.41) is 14.4. The number of carboxylic acids is 1. The van der Waals surface area contributed by atoms with E-state index in [9.17, 15) is 14.4 Å². The summed E-state index contributed by atoms with van der Waals surface area (Å²) in [5.74, 6) is -0.620. The number of hydrogen-bond acceptors (Lipinski definition) is 4. The monoisotopic (exact) mass is 450 g/mol. The second-order valence-corrected chi connectivity index (χ2v) is 9.08. The minimum Gasteiger partial charge on any atom is -0.481 e. The molecule has 2 aliphatic carbocycles. The molecule has 2 aromatic rings. The Morgan fingerprint density at radius 2 is 1.61 bits per heavy atom. The van der Waals surface area contributed by atoms with Gasteiger partial charge in [0.15, 0.2) is 0 Å². The lowest BCUT2D eigenvalue weighted by Crippen LogP contribution is -2.46. The fourth-order valence-corrected chi connectivity index (χ4v) is 5.08. The highest BCUT2D eigenvalue weighted by Crippen LogP contribution is 2.44. The number of aliphatic carboxylic acids is 1. The van der Waals surface area contributed by atoms with Crippen molar-refractivity contribution in [3.8, 4) is 11.1 Å². The number of fused-ring (bicyclic) bond motifs is 3. The van der Waals surface area contributed by atoms with Gasteiger partial charge in [0.25, 0.3) is 0 Å². The Kier molecular flexibility index (Phi) is 6.96. The number of rotatable bonds is 8. The maximum absolute atomic E-state index is 12.4. The quantitative estimate of drug-likeness (QED) is 0.565. The molecule has 2 amide bonds. The highest BCUT2D eigenvalue weighted by atomic mass is 16.5. The predicted octanol–water partition coefficient (Wildman–Crippen LogP) is 3.92. The molecule has 4 rings (SSSR count). The first-order chi connectivity index (χ1) is 15.9. The summed E-state index contributed by atoms with van der Waals surface area (Å²) >= 11 is 0. The molecule has 174 valence electrons. The number of ether oxygens (including phenoxy) is 1. The van der Waals surface area contributed by atoms with Crippen molar-refractivity contribution in [3.05, 3.63) is 59.7 Å². The molecule has 3 N–H and O–H groups in total. The largest absolute Gasteiger partial charge is 0.481 e. The molecule has 0 aromatic heterocycles. The van der Waals surface area contributed by atoms with Crippen molar-refractivity contribution < 1.29 is 24.2 Å². The van der Waals surface area contributed by atoms with Gasteiger partial charge in [-0.15, -0.1) is 0 Å². The molecule has 0 saturated heterocycles. The molecule has 7 heteroatoms. The number of benzene rings is 2. The SMILES string of the molecule is C[C@H](NC(=O)OCC1c2ccccc2-c2ccccc21)C(=O)NCC1CCC(CC(=O)O)C1. The van der Waals surface area contributed by atoms with Gasteiger partial charge in [-0.1, -0.05) is 48.5 Å². The molecule has 2 unspecified atom stereocenters. The van der Waals surface area contributed by atoms with Gasteiger partial charge in [0.2, 0.25) is 5.91 Å². The van der Waals surface area contributed by atoms with Gasteiger partial charge in [0.1, 0.15) is 12.6 Å². The van der Waals surface area contributed by atoms with Crippen LogP contribution < -0.4 is 10.6 Å². The zero-order valence-corrected chi connectivity index (χ0v) is 18.8. The number of nitrogens with one attached hydrogen (secondary N) is 2. The van der Waals surface area contributed by atoms with Gasteiger partial charge in [0.05, 0.1) is 0 Å². The fourth-order valence-electron chi connectivity index (χ4n) is 5.08. The van der Waals surface area contributed by atoms with Gasteiger partial charge >= 0.3 is 12.1 Å². The normalized spacial score (nSPS) is 19.9. The Morgan fingerprint density at radius 1 is 1.00 bits per heavy atom. The average molecular weight is 451 g/mol. The third-order valence-electron chi connectivity index (χ3n) is 6.75. The summed E-state index contributed by atoms with van der Waals surface area (Å²) in [5.41, 5.74) is 4.59. The summed E-state index contributed by atoms with van der Waals surface area (Å²) in [4.78, 5) is 35.6. The van der Waals surface area contributed by atoms with Gasteiger partial charge in [-0.25, -0.2) is 4.79 Å². The maximum Gasteiger partial charge on any atom is 0.407 e. The number of carboxylic acid groups (broad SMARTS) is 1. The van der Waals surface area contributed by atoms with Gasteiger partial charge in [-0.2, -0.15) is 0 Å². The van der Waals surface area contributed by atoms with Crippen LogP contribution >= 0.6 is 0 Å². The van der Waals surface area contributed by atoms with Crippen molar-refractivity contribution >= 4 is 18.0 Å². The van der Waals surface area contributed by atoms with Gasteiger partial charge in [-0.3, -0.25) is 9.59 Å². The molecule has 2 aromatic carbocycles. The van der Waals surface area contributed by atoms with E-state index < -0.39 is 18.1 Å².